The first-order valence-corrected chi connectivity index (χ1v) is 7.79. The highest BCUT2D eigenvalue weighted by Crippen LogP contribution is 2.40. The lowest BCUT2D eigenvalue weighted by molar-refractivity contribution is 0.204. The molecule has 0 spiro atoms. The molecule has 0 saturated heterocycles. The van der Waals surface area contributed by atoms with Gasteiger partial charge in [0.25, 0.3) is 0 Å². The number of nitrogens with one attached hydrogen (secondary N) is 2. The monoisotopic (exact) mass is 314 g/mol. The summed E-state index contributed by atoms with van der Waals surface area (Å²) in [5, 5.41) is 2.64. The molecule has 0 unspecified atom stereocenters. The first-order valence-electron chi connectivity index (χ1n) is 7.79. The summed E-state index contributed by atoms with van der Waals surface area (Å²) >= 11 is 0. The molecule has 23 heavy (non-hydrogen) atoms. The predicted octanol–water partition coefficient (Wildman–Crippen LogP) is 2.54. The maximum Gasteiger partial charge on any atom is 0.321 e. The number of H-pyrrole nitrogens is 1. The number of hydrogen-bond donors (Lipinski definition) is 2. The number of aromatic amines is 1. The van der Waals surface area contributed by atoms with Gasteiger partial charge in [0.1, 0.15) is 5.75 Å². The predicted molar refractivity (Wildman–Crippen MR) is 89.0 cm³/mol. The highest BCUT2D eigenvalue weighted by Gasteiger charge is 2.29. The van der Waals surface area contributed by atoms with Crippen LogP contribution < -0.4 is 15.0 Å². The summed E-state index contributed by atoms with van der Waals surface area (Å²) in [7, 11) is 3.39. The highest BCUT2D eigenvalue weighted by atomic mass is 16.5. The van der Waals surface area contributed by atoms with E-state index in [0.29, 0.717) is 18.4 Å². The third kappa shape index (κ3) is 3.02. The van der Waals surface area contributed by atoms with Crippen molar-refractivity contribution in [1.82, 2.24) is 15.3 Å². The number of rotatable bonds is 3. The summed E-state index contributed by atoms with van der Waals surface area (Å²) in [6.07, 6.45) is 4.45. The average molecular weight is 314 g/mol. The zero-order chi connectivity index (χ0) is 16.4. The van der Waals surface area contributed by atoms with Crippen molar-refractivity contribution in [3.8, 4) is 5.75 Å². The Morgan fingerprint density at radius 1 is 1.52 bits per heavy atom. The number of imidazole rings is 1. The summed E-state index contributed by atoms with van der Waals surface area (Å²) in [4.78, 5) is 20.7. The maximum absolute atomic E-state index is 11.9. The van der Waals surface area contributed by atoms with Gasteiger partial charge < -0.3 is 15.0 Å². The molecule has 0 aliphatic carbocycles. The maximum atomic E-state index is 11.9. The van der Waals surface area contributed by atoms with Crippen molar-refractivity contribution in [3.63, 3.8) is 0 Å². The van der Waals surface area contributed by atoms with Crippen LogP contribution in [0.1, 0.15) is 24.1 Å². The summed E-state index contributed by atoms with van der Waals surface area (Å²) in [6.45, 7) is 2.90. The molecule has 1 aliphatic heterocycles. The minimum Gasteiger partial charge on any atom is -0.493 e. The van der Waals surface area contributed by atoms with Gasteiger partial charge in [-0.15, -0.1) is 0 Å². The highest BCUT2D eigenvalue weighted by molar-refractivity contribution is 5.91. The van der Waals surface area contributed by atoms with E-state index in [1.807, 2.05) is 18.3 Å². The van der Waals surface area contributed by atoms with Crippen LogP contribution in [0.25, 0.3) is 0 Å². The summed E-state index contributed by atoms with van der Waals surface area (Å²) in [6, 6.07) is 5.79. The van der Waals surface area contributed by atoms with Gasteiger partial charge >= 0.3 is 6.03 Å². The van der Waals surface area contributed by atoms with Crippen molar-refractivity contribution in [1.29, 1.82) is 0 Å². The lowest BCUT2D eigenvalue weighted by Crippen LogP contribution is -2.35. The number of benzene rings is 1. The number of urea groups is 1. The van der Waals surface area contributed by atoms with E-state index in [4.69, 9.17) is 4.74 Å². The number of nitrogens with zero attached hydrogens (tertiary/aromatic N) is 2. The third-order valence-electron chi connectivity index (χ3n) is 4.48. The van der Waals surface area contributed by atoms with Crippen LogP contribution in [0.2, 0.25) is 0 Å². The third-order valence-corrected chi connectivity index (χ3v) is 4.48. The Labute approximate surface area is 135 Å². The van der Waals surface area contributed by atoms with Gasteiger partial charge in [0, 0.05) is 37.2 Å². The fourth-order valence-corrected chi connectivity index (χ4v) is 3.04. The molecule has 122 valence electrons. The van der Waals surface area contributed by atoms with E-state index >= 15 is 0 Å². The average Bonchev–Trinajstić information content (AvgIpc) is 3.08. The number of fused-ring (bicyclic) bond motifs is 1. The topological polar surface area (TPSA) is 70.2 Å². The van der Waals surface area contributed by atoms with E-state index in [1.165, 1.54) is 0 Å². The summed E-state index contributed by atoms with van der Waals surface area (Å²) < 4.78 is 5.86. The van der Waals surface area contributed by atoms with Gasteiger partial charge in [-0.05, 0) is 36.5 Å². The van der Waals surface area contributed by atoms with Crippen molar-refractivity contribution in [2.24, 2.45) is 5.92 Å². The second-order valence-corrected chi connectivity index (χ2v) is 6.01. The molecule has 1 aromatic carbocycles. The lowest BCUT2D eigenvalue weighted by atomic mass is 9.82. The molecule has 2 atom stereocenters. The van der Waals surface area contributed by atoms with Gasteiger partial charge in [-0.25, -0.2) is 9.78 Å². The van der Waals surface area contributed by atoms with Crippen molar-refractivity contribution in [3.05, 3.63) is 42.0 Å². The molecule has 6 nitrogen and oxygen atoms in total. The SMILES string of the molecule is CNC(=O)N(C)c1ccc2c(c1)[C@@H](Cc1cnc[nH]1)[C@@H](C)CO2. The molecule has 0 fully saturated rings. The molecule has 2 amide bonds. The van der Waals surface area contributed by atoms with E-state index in [-0.39, 0.29) is 6.03 Å². The van der Waals surface area contributed by atoms with Crippen LogP contribution in [0.15, 0.2) is 30.7 Å². The number of carbonyl (C=O) groups excluding carboxylic acids is 1. The molecule has 2 heterocycles. The Balaban J connectivity index is 1.94. The number of aromatic nitrogens is 2. The van der Waals surface area contributed by atoms with E-state index in [9.17, 15) is 4.79 Å². The van der Waals surface area contributed by atoms with Gasteiger partial charge in [-0.2, -0.15) is 0 Å². The van der Waals surface area contributed by atoms with Gasteiger partial charge in [0.05, 0.1) is 12.9 Å². The van der Waals surface area contributed by atoms with E-state index in [1.54, 1.807) is 25.3 Å². The summed E-state index contributed by atoms with van der Waals surface area (Å²) in [5.74, 6) is 1.63. The van der Waals surface area contributed by atoms with Gasteiger partial charge in [0.2, 0.25) is 0 Å². The number of ether oxygens (including phenoxy) is 1. The normalized spacial score (nSPS) is 19.6. The second kappa shape index (κ2) is 6.32. The lowest BCUT2D eigenvalue weighted by Gasteiger charge is -2.32. The Morgan fingerprint density at radius 3 is 3.04 bits per heavy atom. The molecule has 6 heteroatoms. The zero-order valence-corrected chi connectivity index (χ0v) is 13.7. The molecule has 0 bridgehead atoms. The number of amides is 2. The van der Waals surface area contributed by atoms with Crippen LogP contribution in [-0.4, -0.2) is 36.7 Å². The molecule has 0 radical (unpaired) electrons. The Bertz CT molecular complexity index is 684. The summed E-state index contributed by atoms with van der Waals surface area (Å²) in [5.41, 5.74) is 3.11. The molecular weight excluding hydrogens is 292 g/mol. The van der Waals surface area contributed by atoms with E-state index in [0.717, 1.165) is 29.1 Å². The second-order valence-electron chi connectivity index (χ2n) is 6.01. The quantitative estimate of drug-likeness (QED) is 0.914. The van der Waals surface area contributed by atoms with E-state index < -0.39 is 0 Å². The Morgan fingerprint density at radius 2 is 2.35 bits per heavy atom. The zero-order valence-electron chi connectivity index (χ0n) is 13.7. The van der Waals surface area contributed by atoms with Gasteiger partial charge in [0.15, 0.2) is 0 Å². The van der Waals surface area contributed by atoms with Crippen LogP contribution in [-0.2, 0) is 6.42 Å². The smallest absolute Gasteiger partial charge is 0.321 e. The molecule has 2 aromatic rings. The number of hydrogen-bond acceptors (Lipinski definition) is 3. The van der Waals surface area contributed by atoms with Crippen molar-refractivity contribution in [2.75, 3.05) is 25.6 Å². The van der Waals surface area contributed by atoms with Crippen molar-refractivity contribution >= 4 is 11.7 Å². The molecule has 0 saturated carbocycles. The number of anilines is 1. The first kappa shape index (κ1) is 15.4. The van der Waals surface area contributed by atoms with Crippen LogP contribution in [0, 0.1) is 5.92 Å². The van der Waals surface area contributed by atoms with Crippen LogP contribution >= 0.6 is 0 Å². The largest absolute Gasteiger partial charge is 0.493 e. The van der Waals surface area contributed by atoms with Crippen LogP contribution in [0.3, 0.4) is 0 Å². The van der Waals surface area contributed by atoms with Gasteiger partial charge in [-0.3, -0.25) is 4.90 Å². The molecular formula is C17H22N4O2. The minimum absolute atomic E-state index is 0.139. The van der Waals surface area contributed by atoms with Crippen LogP contribution in [0.5, 0.6) is 5.75 Å². The molecule has 1 aliphatic rings. The first-order chi connectivity index (χ1) is 11.1. The van der Waals surface area contributed by atoms with Gasteiger partial charge in [-0.1, -0.05) is 6.92 Å². The molecule has 2 N–H and O–H groups in total. The Hall–Kier alpha value is -2.50. The minimum atomic E-state index is -0.139. The van der Waals surface area contributed by atoms with Crippen LogP contribution in [0.4, 0.5) is 10.5 Å². The fourth-order valence-electron chi connectivity index (χ4n) is 3.04. The standard InChI is InChI=1S/C17H22N4O2/c1-11-9-23-16-5-4-13(21(3)17(22)18-2)7-15(16)14(11)6-12-8-19-10-20-12/h4-5,7-8,10-11,14H,6,9H2,1-3H3,(H,18,22)(H,19,20)/t11-,14-/m0/s1. The molecule has 3 rings (SSSR count). The van der Waals surface area contributed by atoms with Crippen molar-refractivity contribution < 1.29 is 9.53 Å². The van der Waals surface area contributed by atoms with E-state index in [2.05, 4.69) is 28.3 Å². The van der Waals surface area contributed by atoms with Crippen molar-refractivity contribution in [2.45, 2.75) is 19.3 Å². The number of carbonyl (C=O) groups is 1. The fraction of sp³-hybridized carbons (Fsp3) is 0.412. The Kier molecular flexibility index (Phi) is 4.23. The molecule has 1 aromatic heterocycles.